The highest BCUT2D eigenvalue weighted by molar-refractivity contribution is 8.15. The van der Waals surface area contributed by atoms with Crippen LogP contribution in [0.5, 0.6) is 5.75 Å². The smallest absolute Gasteiger partial charge is 0.286 e. The van der Waals surface area contributed by atoms with Crippen LogP contribution in [0.4, 0.5) is 4.79 Å². The van der Waals surface area contributed by atoms with Crippen LogP contribution in [0.3, 0.4) is 0 Å². The number of imide groups is 1. The number of hydrogen-bond acceptors (Lipinski definition) is 5. The van der Waals surface area contributed by atoms with Gasteiger partial charge in [-0.2, -0.15) is 0 Å². The molecule has 0 aliphatic carbocycles. The fourth-order valence-corrected chi connectivity index (χ4v) is 3.18. The molecule has 2 rings (SSSR count). The van der Waals surface area contributed by atoms with Crippen molar-refractivity contribution >= 4 is 28.7 Å². The number of ether oxygens (including phenoxy) is 1. The van der Waals surface area contributed by atoms with Crippen LogP contribution in [0.15, 0.2) is 60.2 Å². The van der Waals surface area contributed by atoms with Crippen molar-refractivity contribution in [3.63, 3.8) is 0 Å². The highest BCUT2D eigenvalue weighted by Crippen LogP contribution is 2.23. The Morgan fingerprint density at radius 2 is 1.82 bits per heavy atom. The Morgan fingerprint density at radius 3 is 2.36 bits per heavy atom. The van der Waals surface area contributed by atoms with Crippen LogP contribution < -0.4 is 10.1 Å². The Hall–Kier alpha value is -2.60. The lowest BCUT2D eigenvalue weighted by Gasteiger charge is -2.08. The summed E-state index contributed by atoms with van der Waals surface area (Å²) in [6.45, 7) is 7.69. The Balaban J connectivity index is 0.00000190. The molecule has 0 radical (unpaired) electrons. The summed E-state index contributed by atoms with van der Waals surface area (Å²) in [4.78, 5) is 35.0. The molecule has 150 valence electrons. The number of hydrogen-bond donors (Lipinski definition) is 1. The van der Waals surface area contributed by atoms with Gasteiger partial charge in [-0.25, -0.2) is 0 Å². The van der Waals surface area contributed by atoms with Crippen molar-refractivity contribution in [3.05, 3.63) is 65.8 Å². The van der Waals surface area contributed by atoms with Crippen LogP contribution in [-0.4, -0.2) is 28.8 Å². The number of benzene rings is 1. The van der Waals surface area contributed by atoms with Crippen LogP contribution in [0.2, 0.25) is 0 Å². The van der Waals surface area contributed by atoms with Gasteiger partial charge in [-0.05, 0) is 38.0 Å². The third-order valence-electron chi connectivity index (χ3n) is 3.62. The third-order valence-corrected chi connectivity index (χ3v) is 4.60. The topological polar surface area (TPSA) is 72.5 Å². The molecule has 1 aliphatic heterocycles. The van der Waals surface area contributed by atoms with Gasteiger partial charge in [0.2, 0.25) is 5.91 Å². The van der Waals surface area contributed by atoms with Crippen LogP contribution in [0.25, 0.3) is 0 Å². The van der Waals surface area contributed by atoms with Gasteiger partial charge in [0.25, 0.3) is 5.24 Å². The molecule has 1 N–H and O–H groups in total. The van der Waals surface area contributed by atoms with E-state index in [1.165, 1.54) is 0 Å². The van der Waals surface area contributed by atoms with Gasteiger partial charge in [-0.1, -0.05) is 68.1 Å². The van der Waals surface area contributed by atoms with Crippen molar-refractivity contribution in [2.24, 2.45) is 0 Å². The molecule has 1 heterocycles. The first kappa shape index (κ1) is 23.4. The summed E-state index contributed by atoms with van der Waals surface area (Å²) in [5.41, 5.74) is 1.50. The second kappa shape index (κ2) is 12.7. The average molecular weight is 402 g/mol. The molecular weight excluding hydrogens is 374 g/mol. The molecule has 0 unspecified atom stereocenters. The van der Waals surface area contributed by atoms with Crippen LogP contribution >= 0.6 is 11.8 Å². The van der Waals surface area contributed by atoms with E-state index in [2.05, 4.69) is 5.32 Å². The second-order valence-corrected chi connectivity index (χ2v) is 6.77. The summed E-state index contributed by atoms with van der Waals surface area (Å²) in [6, 6.07) is 7.18. The molecule has 1 aromatic rings. The second-order valence-electron chi connectivity index (χ2n) is 5.59. The van der Waals surface area contributed by atoms with Crippen molar-refractivity contribution in [2.75, 3.05) is 6.61 Å². The van der Waals surface area contributed by atoms with E-state index in [0.29, 0.717) is 17.7 Å². The van der Waals surface area contributed by atoms with E-state index in [0.717, 1.165) is 17.3 Å². The number of allylic oxidation sites excluding steroid dienone is 5. The van der Waals surface area contributed by atoms with Gasteiger partial charge < -0.3 is 4.74 Å². The molecule has 0 spiro atoms. The summed E-state index contributed by atoms with van der Waals surface area (Å²) in [7, 11) is 0. The normalized spacial score (nSPS) is 16.9. The van der Waals surface area contributed by atoms with Gasteiger partial charge in [-0.15, -0.1) is 0 Å². The van der Waals surface area contributed by atoms with Gasteiger partial charge >= 0.3 is 0 Å². The molecule has 0 aromatic heterocycles. The molecule has 2 amide bonds. The minimum Gasteiger partial charge on any atom is -0.485 e. The lowest BCUT2D eigenvalue weighted by molar-refractivity contribution is -0.119. The van der Waals surface area contributed by atoms with E-state index in [4.69, 9.17) is 4.74 Å². The Bertz CT molecular complexity index is 763. The Kier molecular flexibility index (Phi) is 10.7. The third kappa shape index (κ3) is 7.56. The van der Waals surface area contributed by atoms with E-state index in [9.17, 15) is 14.4 Å². The zero-order valence-corrected chi connectivity index (χ0v) is 17.5. The lowest BCUT2D eigenvalue weighted by Crippen LogP contribution is -2.25. The van der Waals surface area contributed by atoms with Crippen molar-refractivity contribution in [1.29, 1.82) is 0 Å². The standard InChI is InChI=1S/C20H21NO4S.C2H6/c1-3-5-7-15(6-4-2)17(22)13-25-16-10-8-14(9-11-16)12-18-19(23)21-20(24)26-18;1-2/h3-11,18H,12-13H2,1-2H3,(H,21,23,24);1-2H3/b5-3-,6-4-,15-7+;/t18-;/m1./s1. The van der Waals surface area contributed by atoms with E-state index in [-0.39, 0.29) is 23.5 Å². The zero-order valence-electron chi connectivity index (χ0n) is 16.7. The first-order valence-electron chi connectivity index (χ1n) is 9.25. The van der Waals surface area contributed by atoms with Crippen molar-refractivity contribution in [3.8, 4) is 5.75 Å². The summed E-state index contributed by atoms with van der Waals surface area (Å²) in [6.07, 6.45) is 9.44. The quantitative estimate of drug-likeness (QED) is 0.508. The lowest BCUT2D eigenvalue weighted by atomic mass is 10.1. The van der Waals surface area contributed by atoms with Gasteiger partial charge in [0.1, 0.15) is 5.75 Å². The molecule has 1 saturated heterocycles. The first-order valence-corrected chi connectivity index (χ1v) is 10.1. The van der Waals surface area contributed by atoms with E-state index < -0.39 is 5.25 Å². The molecule has 28 heavy (non-hydrogen) atoms. The number of nitrogens with one attached hydrogen (secondary N) is 1. The summed E-state index contributed by atoms with van der Waals surface area (Å²) >= 11 is 1.01. The SMILES string of the molecule is CC.C\C=C/C=C(\C=C/C)C(=O)COc1ccc(C[C@H]2SC(=O)NC2=O)cc1. The van der Waals surface area contributed by atoms with Crippen molar-refractivity contribution in [2.45, 2.75) is 39.4 Å². The molecule has 1 aromatic carbocycles. The number of rotatable bonds is 8. The monoisotopic (exact) mass is 401 g/mol. The molecule has 0 bridgehead atoms. The first-order chi connectivity index (χ1) is 13.5. The van der Waals surface area contributed by atoms with Crippen LogP contribution in [0.1, 0.15) is 33.3 Å². The number of carbonyl (C=O) groups excluding carboxylic acids is 3. The maximum atomic E-state index is 12.2. The maximum Gasteiger partial charge on any atom is 0.286 e. The average Bonchev–Trinajstić information content (AvgIpc) is 3.02. The largest absolute Gasteiger partial charge is 0.485 e. The maximum absolute atomic E-state index is 12.2. The van der Waals surface area contributed by atoms with Gasteiger partial charge in [-0.3, -0.25) is 19.7 Å². The molecule has 1 fully saturated rings. The van der Waals surface area contributed by atoms with Crippen molar-refractivity contribution < 1.29 is 19.1 Å². The predicted octanol–water partition coefficient (Wildman–Crippen LogP) is 4.63. The van der Waals surface area contributed by atoms with Gasteiger partial charge in [0.15, 0.2) is 12.4 Å². The highest BCUT2D eigenvalue weighted by Gasteiger charge is 2.31. The number of Topliss-reactive ketones (excluding diaryl/α,β-unsaturated/α-hetero) is 1. The number of amides is 2. The van der Waals surface area contributed by atoms with Gasteiger partial charge in [0.05, 0.1) is 5.25 Å². The Morgan fingerprint density at radius 1 is 1.14 bits per heavy atom. The number of thioether (sulfide) groups is 1. The summed E-state index contributed by atoms with van der Waals surface area (Å²) < 4.78 is 5.55. The predicted molar refractivity (Wildman–Crippen MR) is 115 cm³/mol. The molecule has 0 saturated carbocycles. The molecule has 1 aliphatic rings. The summed E-state index contributed by atoms with van der Waals surface area (Å²) in [5, 5.41) is 1.58. The molecule has 5 nitrogen and oxygen atoms in total. The van der Waals surface area contributed by atoms with E-state index in [1.54, 1.807) is 24.3 Å². The van der Waals surface area contributed by atoms with Crippen LogP contribution in [0, 0.1) is 0 Å². The molecule has 6 heteroatoms. The summed E-state index contributed by atoms with van der Waals surface area (Å²) in [5.74, 6) is 0.214. The fraction of sp³-hybridized carbons (Fsp3) is 0.318. The fourth-order valence-electron chi connectivity index (χ4n) is 2.32. The molecular formula is C22H27NO4S. The highest BCUT2D eigenvalue weighted by atomic mass is 32.2. The Labute approximate surface area is 170 Å². The van der Waals surface area contributed by atoms with E-state index in [1.807, 2.05) is 58.1 Å². The van der Waals surface area contributed by atoms with Gasteiger partial charge in [0, 0.05) is 5.57 Å². The minimum atomic E-state index is -0.393. The van der Waals surface area contributed by atoms with E-state index >= 15 is 0 Å². The number of carbonyl (C=O) groups is 3. The zero-order chi connectivity index (χ0) is 20.9. The van der Waals surface area contributed by atoms with Crippen LogP contribution in [-0.2, 0) is 16.0 Å². The van der Waals surface area contributed by atoms with Crippen molar-refractivity contribution in [1.82, 2.24) is 5.32 Å². The molecule has 1 atom stereocenters. The minimum absolute atomic E-state index is 0.0531. The number of ketones is 1.